The first-order chi connectivity index (χ1) is 10.1. The molecule has 0 aliphatic heterocycles. The van der Waals surface area contributed by atoms with Crippen molar-refractivity contribution in [2.45, 2.75) is 4.21 Å². The molecule has 1 aromatic carbocycles. The Kier molecular flexibility index (Phi) is 3.48. The lowest BCUT2D eigenvalue weighted by atomic mass is 10.2. The molecule has 108 valence electrons. The van der Waals surface area contributed by atoms with E-state index in [1.807, 2.05) is 0 Å². The van der Waals surface area contributed by atoms with E-state index in [0.29, 0.717) is 5.69 Å². The SMILES string of the molecule is O=S(=O)(Nc1ccc(-n2ccnc2)c(F)c1)c1cccs1. The van der Waals surface area contributed by atoms with Crippen LogP contribution in [0.5, 0.6) is 0 Å². The van der Waals surface area contributed by atoms with E-state index in [4.69, 9.17) is 0 Å². The van der Waals surface area contributed by atoms with Gasteiger partial charge < -0.3 is 4.57 Å². The fraction of sp³-hybridized carbons (Fsp3) is 0. The van der Waals surface area contributed by atoms with Crippen molar-refractivity contribution in [3.05, 3.63) is 60.3 Å². The second-order valence-corrected chi connectivity index (χ2v) is 7.03. The van der Waals surface area contributed by atoms with E-state index in [1.165, 1.54) is 35.3 Å². The number of sulfonamides is 1. The summed E-state index contributed by atoms with van der Waals surface area (Å²) in [6.07, 6.45) is 4.61. The van der Waals surface area contributed by atoms with Crippen LogP contribution < -0.4 is 4.72 Å². The third-order valence-corrected chi connectivity index (χ3v) is 5.52. The molecule has 0 radical (unpaired) electrons. The van der Waals surface area contributed by atoms with Gasteiger partial charge in [0.2, 0.25) is 0 Å². The molecule has 0 aliphatic carbocycles. The molecular formula is C13H10FN3O2S2. The number of nitrogens with one attached hydrogen (secondary N) is 1. The van der Waals surface area contributed by atoms with Crippen molar-refractivity contribution >= 4 is 27.0 Å². The second-order valence-electron chi connectivity index (χ2n) is 4.17. The summed E-state index contributed by atoms with van der Waals surface area (Å²) in [7, 11) is -3.67. The number of benzene rings is 1. The molecule has 8 heteroatoms. The summed E-state index contributed by atoms with van der Waals surface area (Å²) < 4.78 is 42.2. The second kappa shape index (κ2) is 5.30. The Balaban J connectivity index is 1.90. The maximum Gasteiger partial charge on any atom is 0.271 e. The van der Waals surface area contributed by atoms with E-state index in [0.717, 1.165) is 17.4 Å². The van der Waals surface area contributed by atoms with Gasteiger partial charge in [-0.2, -0.15) is 0 Å². The maximum absolute atomic E-state index is 14.1. The summed E-state index contributed by atoms with van der Waals surface area (Å²) in [6.45, 7) is 0. The third kappa shape index (κ3) is 2.81. The molecule has 0 bridgehead atoms. The topological polar surface area (TPSA) is 64.0 Å². The summed E-state index contributed by atoms with van der Waals surface area (Å²) in [6, 6.07) is 7.26. The Morgan fingerprint density at radius 1 is 1.29 bits per heavy atom. The molecule has 21 heavy (non-hydrogen) atoms. The van der Waals surface area contributed by atoms with Gasteiger partial charge in [-0.25, -0.2) is 17.8 Å². The smallest absolute Gasteiger partial charge is 0.271 e. The van der Waals surface area contributed by atoms with E-state index in [-0.39, 0.29) is 9.90 Å². The lowest BCUT2D eigenvalue weighted by molar-refractivity contribution is 0.603. The van der Waals surface area contributed by atoms with Gasteiger partial charge in [-0.15, -0.1) is 11.3 Å². The fourth-order valence-corrected chi connectivity index (χ4v) is 3.85. The number of halogens is 1. The zero-order chi connectivity index (χ0) is 14.9. The van der Waals surface area contributed by atoms with E-state index < -0.39 is 15.8 Å². The molecule has 0 saturated carbocycles. The molecule has 5 nitrogen and oxygen atoms in total. The highest BCUT2D eigenvalue weighted by Gasteiger charge is 2.16. The molecule has 0 amide bonds. The van der Waals surface area contributed by atoms with Crippen LogP contribution in [-0.2, 0) is 10.0 Å². The summed E-state index contributed by atoms with van der Waals surface area (Å²) in [5.74, 6) is -0.542. The van der Waals surface area contributed by atoms with Crippen molar-refractivity contribution in [2.24, 2.45) is 0 Å². The van der Waals surface area contributed by atoms with Crippen molar-refractivity contribution in [3.63, 3.8) is 0 Å². The Morgan fingerprint density at radius 3 is 2.76 bits per heavy atom. The van der Waals surface area contributed by atoms with Crippen LogP contribution in [-0.4, -0.2) is 18.0 Å². The first kappa shape index (κ1) is 13.8. The number of nitrogens with zero attached hydrogens (tertiary/aromatic N) is 2. The van der Waals surface area contributed by atoms with Crippen molar-refractivity contribution in [2.75, 3.05) is 4.72 Å². The van der Waals surface area contributed by atoms with Gasteiger partial charge >= 0.3 is 0 Å². The van der Waals surface area contributed by atoms with Gasteiger partial charge in [0.15, 0.2) is 0 Å². The average molecular weight is 323 g/mol. The molecule has 0 spiro atoms. The van der Waals surface area contributed by atoms with E-state index in [1.54, 1.807) is 17.6 Å². The Hall–Kier alpha value is -2.19. The highest BCUT2D eigenvalue weighted by Crippen LogP contribution is 2.23. The normalized spacial score (nSPS) is 11.5. The van der Waals surface area contributed by atoms with Gasteiger partial charge in [0.1, 0.15) is 10.0 Å². The summed E-state index contributed by atoms with van der Waals surface area (Å²) in [4.78, 5) is 3.84. The lowest BCUT2D eigenvalue weighted by Gasteiger charge is -2.09. The number of hydrogen-bond donors (Lipinski definition) is 1. The number of hydrogen-bond acceptors (Lipinski definition) is 4. The van der Waals surface area contributed by atoms with Crippen molar-refractivity contribution in [3.8, 4) is 5.69 Å². The van der Waals surface area contributed by atoms with Crippen LogP contribution in [0.2, 0.25) is 0 Å². The van der Waals surface area contributed by atoms with Crippen LogP contribution >= 0.6 is 11.3 Å². The predicted octanol–water partition coefficient (Wildman–Crippen LogP) is 2.87. The largest absolute Gasteiger partial charge is 0.303 e. The highest BCUT2D eigenvalue weighted by atomic mass is 32.2. The van der Waals surface area contributed by atoms with Crippen LogP contribution in [0.25, 0.3) is 5.69 Å². The maximum atomic E-state index is 14.1. The van der Waals surface area contributed by atoms with Crippen molar-refractivity contribution in [1.82, 2.24) is 9.55 Å². The Bertz CT molecular complexity index is 844. The first-order valence-electron chi connectivity index (χ1n) is 5.90. The first-order valence-corrected chi connectivity index (χ1v) is 8.27. The fourth-order valence-electron chi connectivity index (χ4n) is 1.80. The van der Waals surface area contributed by atoms with Gasteiger partial charge in [-0.05, 0) is 23.6 Å². The van der Waals surface area contributed by atoms with Crippen LogP contribution in [0.15, 0.2) is 58.6 Å². The molecule has 2 aromatic heterocycles. The molecule has 0 unspecified atom stereocenters. The number of imidazole rings is 1. The van der Waals surface area contributed by atoms with Gasteiger partial charge in [-0.1, -0.05) is 6.07 Å². The van der Waals surface area contributed by atoms with Crippen molar-refractivity contribution in [1.29, 1.82) is 0 Å². The van der Waals surface area contributed by atoms with Gasteiger partial charge in [0, 0.05) is 18.5 Å². The number of aromatic nitrogens is 2. The van der Waals surface area contributed by atoms with E-state index >= 15 is 0 Å². The van der Waals surface area contributed by atoms with Crippen LogP contribution in [0.3, 0.4) is 0 Å². The minimum absolute atomic E-state index is 0.171. The quantitative estimate of drug-likeness (QED) is 0.803. The van der Waals surface area contributed by atoms with Crippen LogP contribution in [0.1, 0.15) is 0 Å². The summed E-state index contributed by atoms with van der Waals surface area (Å²) in [5.41, 5.74) is 0.469. The molecule has 0 aliphatic rings. The Morgan fingerprint density at radius 2 is 2.14 bits per heavy atom. The highest BCUT2D eigenvalue weighted by molar-refractivity contribution is 7.94. The average Bonchev–Trinajstić information content (AvgIpc) is 3.12. The molecule has 0 fully saturated rings. The number of thiophene rings is 1. The zero-order valence-electron chi connectivity index (χ0n) is 10.6. The monoisotopic (exact) mass is 323 g/mol. The molecule has 1 N–H and O–H groups in total. The molecular weight excluding hydrogens is 313 g/mol. The van der Waals surface area contributed by atoms with Crippen LogP contribution in [0, 0.1) is 5.82 Å². The number of anilines is 1. The summed E-state index contributed by atoms with van der Waals surface area (Å²) >= 11 is 1.10. The predicted molar refractivity (Wildman–Crippen MR) is 78.6 cm³/mol. The zero-order valence-corrected chi connectivity index (χ0v) is 12.2. The Labute approximate surface area is 124 Å². The number of rotatable bonds is 4. The molecule has 0 atom stereocenters. The minimum atomic E-state index is -3.67. The van der Waals surface area contributed by atoms with Gasteiger partial charge in [0.25, 0.3) is 10.0 Å². The lowest BCUT2D eigenvalue weighted by Crippen LogP contribution is -2.11. The van der Waals surface area contributed by atoms with E-state index in [9.17, 15) is 12.8 Å². The van der Waals surface area contributed by atoms with Gasteiger partial charge in [0.05, 0.1) is 17.7 Å². The van der Waals surface area contributed by atoms with E-state index in [2.05, 4.69) is 9.71 Å². The summed E-state index contributed by atoms with van der Waals surface area (Å²) in [5, 5.41) is 1.66. The van der Waals surface area contributed by atoms with Gasteiger partial charge in [-0.3, -0.25) is 4.72 Å². The molecule has 3 aromatic rings. The van der Waals surface area contributed by atoms with Crippen LogP contribution in [0.4, 0.5) is 10.1 Å². The molecule has 3 rings (SSSR count). The minimum Gasteiger partial charge on any atom is -0.303 e. The third-order valence-electron chi connectivity index (χ3n) is 2.74. The van der Waals surface area contributed by atoms with Crippen molar-refractivity contribution < 1.29 is 12.8 Å². The standard InChI is InChI=1S/C13H10FN3O2S2/c14-11-8-10(3-4-12(11)17-6-5-15-9-17)16-21(18,19)13-2-1-7-20-13/h1-9,16H. The molecule has 0 saturated heterocycles. The molecule has 2 heterocycles.